The number of imidazole rings is 1. The van der Waals surface area contributed by atoms with Gasteiger partial charge in [-0.3, -0.25) is 14.0 Å². The highest BCUT2D eigenvalue weighted by molar-refractivity contribution is 5.88. The Morgan fingerprint density at radius 1 is 1.09 bits per heavy atom. The van der Waals surface area contributed by atoms with E-state index in [1.54, 1.807) is 30.0 Å². The number of anilines is 2. The summed E-state index contributed by atoms with van der Waals surface area (Å²) < 4.78 is 31.0. The molecule has 0 atom stereocenters. The second-order valence-corrected chi connectivity index (χ2v) is 11.2. The summed E-state index contributed by atoms with van der Waals surface area (Å²) in [6.45, 7) is 6.54. The van der Waals surface area contributed by atoms with Crippen LogP contribution < -0.4 is 26.4 Å². The first-order chi connectivity index (χ1) is 21.0. The highest BCUT2D eigenvalue weighted by Gasteiger charge is 2.24. The van der Waals surface area contributed by atoms with Crippen molar-refractivity contribution in [1.29, 1.82) is 0 Å². The van der Waals surface area contributed by atoms with Gasteiger partial charge < -0.3 is 25.1 Å². The minimum atomic E-state index is -0.266. The number of rotatable bonds is 8. The van der Waals surface area contributed by atoms with Crippen LogP contribution in [0.2, 0.25) is 0 Å². The Morgan fingerprint density at radius 3 is 2.65 bits per heavy atom. The minimum Gasteiger partial charge on any atom is -0.493 e. The van der Waals surface area contributed by atoms with Crippen LogP contribution in [-0.4, -0.2) is 86.0 Å². The number of piperazine rings is 1. The fourth-order valence-corrected chi connectivity index (χ4v) is 6.05. The van der Waals surface area contributed by atoms with E-state index >= 15 is 4.39 Å². The molecule has 0 bridgehead atoms. The average molecular weight is 591 g/mol. The molecule has 6 heterocycles. The van der Waals surface area contributed by atoms with Gasteiger partial charge in [0.25, 0.3) is 0 Å². The van der Waals surface area contributed by atoms with Gasteiger partial charge in [0.1, 0.15) is 17.1 Å². The molecule has 2 saturated heterocycles. The van der Waals surface area contributed by atoms with E-state index in [1.807, 2.05) is 12.1 Å². The molecule has 5 aromatic rings. The maximum absolute atomic E-state index is 15.1. The quantitative estimate of drug-likeness (QED) is 0.276. The van der Waals surface area contributed by atoms with Crippen LogP contribution in [-0.2, 0) is 13.6 Å². The highest BCUT2D eigenvalue weighted by Crippen LogP contribution is 2.27. The number of aromatic nitrogens is 6. The number of aryl methyl sites for hydroxylation is 1. The topological polar surface area (TPSA) is 137 Å². The van der Waals surface area contributed by atoms with Gasteiger partial charge in [-0.2, -0.15) is 9.50 Å². The number of hydrogen-bond donors (Lipinski definition) is 2. The van der Waals surface area contributed by atoms with Gasteiger partial charge in [-0.15, -0.1) is 5.10 Å². The zero-order valence-electron chi connectivity index (χ0n) is 24.1. The number of piperidine rings is 1. The minimum absolute atomic E-state index is 0.130. The van der Waals surface area contributed by atoms with Crippen molar-refractivity contribution in [2.75, 3.05) is 63.1 Å². The smallest absolute Gasteiger partial charge is 0.330 e. The molecule has 226 valence electrons. The van der Waals surface area contributed by atoms with E-state index in [0.717, 1.165) is 39.0 Å². The number of ether oxygens (including phenoxy) is 1. The Kier molecular flexibility index (Phi) is 7.23. The summed E-state index contributed by atoms with van der Waals surface area (Å²) in [6.07, 6.45) is 3.72. The number of furan rings is 1. The Labute approximate surface area is 246 Å². The molecular formula is C29H35FN10O3. The number of benzene rings is 1. The molecule has 2 aliphatic rings. The Balaban J connectivity index is 1.01. The summed E-state index contributed by atoms with van der Waals surface area (Å²) in [7, 11) is 1.69. The third-order valence-corrected chi connectivity index (χ3v) is 8.54. The molecular weight excluding hydrogens is 555 g/mol. The third-order valence-electron chi connectivity index (χ3n) is 8.54. The van der Waals surface area contributed by atoms with E-state index in [0.29, 0.717) is 78.5 Å². The third kappa shape index (κ3) is 5.20. The van der Waals surface area contributed by atoms with Crippen molar-refractivity contribution in [3.05, 3.63) is 52.9 Å². The Hall–Kier alpha value is -4.43. The van der Waals surface area contributed by atoms with Crippen LogP contribution in [0.4, 0.5) is 16.0 Å². The van der Waals surface area contributed by atoms with Crippen LogP contribution in [0.1, 0.15) is 12.8 Å². The van der Waals surface area contributed by atoms with E-state index in [-0.39, 0.29) is 17.5 Å². The lowest BCUT2D eigenvalue weighted by Gasteiger charge is -2.36. The van der Waals surface area contributed by atoms with Crippen molar-refractivity contribution < 1.29 is 13.5 Å². The normalized spacial score (nSPS) is 16.9. The predicted octanol–water partition coefficient (Wildman–Crippen LogP) is 1.96. The summed E-state index contributed by atoms with van der Waals surface area (Å²) in [5.41, 5.74) is 8.06. The lowest BCUT2D eigenvalue weighted by molar-refractivity contribution is 0.214. The first kappa shape index (κ1) is 27.4. The molecule has 0 radical (unpaired) electrons. The van der Waals surface area contributed by atoms with E-state index in [4.69, 9.17) is 14.9 Å². The number of hydrogen-bond acceptors (Lipinski definition) is 10. The molecule has 0 unspecified atom stereocenters. The predicted molar refractivity (Wildman–Crippen MR) is 160 cm³/mol. The molecule has 0 spiro atoms. The van der Waals surface area contributed by atoms with Crippen LogP contribution in [0.25, 0.3) is 28.4 Å². The van der Waals surface area contributed by atoms with Crippen molar-refractivity contribution >= 4 is 28.4 Å². The van der Waals surface area contributed by atoms with Gasteiger partial charge in [-0.25, -0.2) is 14.2 Å². The van der Waals surface area contributed by atoms with Crippen LogP contribution in [0.5, 0.6) is 5.75 Å². The van der Waals surface area contributed by atoms with Crippen LogP contribution >= 0.6 is 0 Å². The lowest BCUT2D eigenvalue weighted by atomic mass is 9.99. The van der Waals surface area contributed by atoms with E-state index in [9.17, 15) is 4.79 Å². The van der Waals surface area contributed by atoms with E-state index in [2.05, 4.69) is 30.2 Å². The summed E-state index contributed by atoms with van der Waals surface area (Å²) in [6, 6.07) is 8.69. The number of nitrogens with two attached hydrogens (primary N) is 1. The monoisotopic (exact) mass is 590 g/mol. The molecule has 7 rings (SSSR count). The molecule has 14 heteroatoms. The van der Waals surface area contributed by atoms with Gasteiger partial charge in [0.2, 0.25) is 11.8 Å². The SMILES string of the molecule is Cn1c(=O)n(CCN2CCN(c3ccc(OCC4CCNCC4)cc3F)CC2)c2nc(N)n3nc(-c4ccco4)nc3c21. The molecule has 1 aromatic carbocycles. The van der Waals surface area contributed by atoms with Crippen LogP contribution in [0.15, 0.2) is 45.8 Å². The summed E-state index contributed by atoms with van der Waals surface area (Å²) in [5, 5.41) is 7.78. The first-order valence-electron chi connectivity index (χ1n) is 14.7. The van der Waals surface area contributed by atoms with Crippen molar-refractivity contribution in [2.45, 2.75) is 19.4 Å². The molecule has 0 amide bonds. The first-order valence-corrected chi connectivity index (χ1v) is 14.7. The fraction of sp³-hybridized carbons (Fsp3) is 0.448. The maximum atomic E-state index is 15.1. The summed E-state index contributed by atoms with van der Waals surface area (Å²) in [5.74, 6) is 1.81. The van der Waals surface area contributed by atoms with Gasteiger partial charge in [0.05, 0.1) is 18.6 Å². The van der Waals surface area contributed by atoms with Crippen LogP contribution in [0.3, 0.4) is 0 Å². The molecule has 43 heavy (non-hydrogen) atoms. The van der Waals surface area contributed by atoms with Gasteiger partial charge in [-0.1, -0.05) is 0 Å². The highest BCUT2D eigenvalue weighted by atomic mass is 19.1. The number of nitrogen functional groups attached to an aromatic ring is 1. The number of fused-ring (bicyclic) bond motifs is 3. The Bertz CT molecular complexity index is 1800. The molecule has 0 saturated carbocycles. The zero-order chi connectivity index (χ0) is 29.5. The van der Waals surface area contributed by atoms with E-state index in [1.165, 1.54) is 15.1 Å². The van der Waals surface area contributed by atoms with Gasteiger partial charge in [-0.05, 0) is 56.1 Å². The molecule has 0 aliphatic carbocycles. The standard InChI is InChI=1S/C29H35FN10O3/c1-36-24-26(34-28(31)40-27(24)33-25(35-40)23-3-2-16-42-23)39(29(36)41)15-12-37-10-13-38(14-11-37)22-5-4-20(17-21(22)30)43-18-19-6-8-32-9-7-19/h2-5,16-17,19,32H,6-15,18H2,1H3,(H2,31,34). The van der Waals surface area contributed by atoms with Gasteiger partial charge >= 0.3 is 5.69 Å². The van der Waals surface area contributed by atoms with Crippen molar-refractivity contribution in [1.82, 2.24) is 38.9 Å². The molecule has 3 N–H and O–H groups in total. The largest absolute Gasteiger partial charge is 0.493 e. The molecule has 2 aliphatic heterocycles. The summed E-state index contributed by atoms with van der Waals surface area (Å²) >= 11 is 0. The average Bonchev–Trinajstić information content (AvgIpc) is 3.76. The van der Waals surface area contributed by atoms with Crippen molar-refractivity contribution in [3.63, 3.8) is 0 Å². The fourth-order valence-electron chi connectivity index (χ4n) is 6.05. The molecule has 4 aromatic heterocycles. The van der Waals surface area contributed by atoms with Crippen molar-refractivity contribution in [2.24, 2.45) is 13.0 Å². The number of nitrogens with zero attached hydrogens (tertiary/aromatic N) is 8. The number of nitrogens with one attached hydrogen (secondary N) is 1. The lowest BCUT2D eigenvalue weighted by Crippen LogP contribution is -2.47. The molecule has 2 fully saturated rings. The van der Waals surface area contributed by atoms with Gasteiger partial charge in [0, 0.05) is 52.4 Å². The van der Waals surface area contributed by atoms with Crippen molar-refractivity contribution in [3.8, 4) is 17.3 Å². The van der Waals surface area contributed by atoms with Crippen LogP contribution in [0, 0.1) is 11.7 Å². The molecule has 13 nitrogen and oxygen atoms in total. The number of halogens is 1. The maximum Gasteiger partial charge on any atom is 0.330 e. The second-order valence-electron chi connectivity index (χ2n) is 11.2. The zero-order valence-corrected chi connectivity index (χ0v) is 24.1. The summed E-state index contributed by atoms with van der Waals surface area (Å²) in [4.78, 5) is 26.7. The Morgan fingerprint density at radius 2 is 1.91 bits per heavy atom. The second kappa shape index (κ2) is 11.3. The van der Waals surface area contributed by atoms with Gasteiger partial charge in [0.15, 0.2) is 17.1 Å². The van der Waals surface area contributed by atoms with E-state index < -0.39 is 0 Å².